The summed E-state index contributed by atoms with van der Waals surface area (Å²) in [5, 5.41) is 4.06. The lowest BCUT2D eigenvalue weighted by Gasteiger charge is -2.11. The zero-order valence-corrected chi connectivity index (χ0v) is 11.8. The van der Waals surface area contributed by atoms with Gasteiger partial charge in [0.25, 0.3) is 0 Å². The molecule has 0 aliphatic heterocycles. The molecule has 1 aromatic carbocycles. The molecule has 0 aliphatic rings. The fourth-order valence-electron chi connectivity index (χ4n) is 1.85. The maximum Gasteiger partial charge on any atom is 0.207 e. The van der Waals surface area contributed by atoms with Gasteiger partial charge in [0, 0.05) is 12.7 Å². The summed E-state index contributed by atoms with van der Waals surface area (Å²) in [4.78, 5) is 4.49. The summed E-state index contributed by atoms with van der Waals surface area (Å²) in [5.41, 5.74) is 3.13. The van der Waals surface area contributed by atoms with Crippen LogP contribution in [0.1, 0.15) is 24.6 Å². The third kappa shape index (κ3) is 2.67. The van der Waals surface area contributed by atoms with E-state index in [9.17, 15) is 0 Å². The second-order valence-electron chi connectivity index (χ2n) is 4.46. The SMILES string of the molecule is CCCNc1nc(C)cn1-c1cc(C)ccc1Cl. The molecule has 0 aliphatic carbocycles. The van der Waals surface area contributed by atoms with Gasteiger partial charge in [-0.25, -0.2) is 4.98 Å². The molecule has 0 radical (unpaired) electrons. The molecule has 3 nitrogen and oxygen atoms in total. The highest BCUT2D eigenvalue weighted by Crippen LogP contribution is 2.25. The van der Waals surface area contributed by atoms with Crippen LogP contribution in [0.15, 0.2) is 24.4 Å². The number of hydrogen-bond donors (Lipinski definition) is 1. The van der Waals surface area contributed by atoms with E-state index in [2.05, 4.69) is 30.2 Å². The minimum absolute atomic E-state index is 0.734. The van der Waals surface area contributed by atoms with Gasteiger partial charge in [0.2, 0.25) is 5.95 Å². The summed E-state index contributed by atoms with van der Waals surface area (Å²) in [6.07, 6.45) is 3.06. The Balaban J connectivity index is 2.45. The van der Waals surface area contributed by atoms with Gasteiger partial charge in [-0.2, -0.15) is 0 Å². The van der Waals surface area contributed by atoms with E-state index >= 15 is 0 Å². The van der Waals surface area contributed by atoms with Crippen LogP contribution in [-0.2, 0) is 0 Å². The molecule has 1 aromatic heterocycles. The monoisotopic (exact) mass is 263 g/mol. The molecule has 0 saturated heterocycles. The molecule has 0 spiro atoms. The topological polar surface area (TPSA) is 29.9 Å². The minimum atomic E-state index is 0.734. The Kier molecular flexibility index (Phi) is 3.92. The standard InChI is InChI=1S/C14H18ClN3/c1-4-7-16-14-17-11(3)9-18(14)13-8-10(2)5-6-12(13)15/h5-6,8-9H,4,7H2,1-3H3,(H,16,17). The molecule has 96 valence electrons. The van der Waals surface area contributed by atoms with Crippen LogP contribution in [0.25, 0.3) is 5.69 Å². The van der Waals surface area contributed by atoms with Crippen molar-refractivity contribution in [2.24, 2.45) is 0 Å². The van der Waals surface area contributed by atoms with E-state index in [0.717, 1.165) is 35.3 Å². The Morgan fingerprint density at radius 2 is 2.11 bits per heavy atom. The van der Waals surface area contributed by atoms with Crippen molar-refractivity contribution in [2.45, 2.75) is 27.2 Å². The zero-order valence-electron chi connectivity index (χ0n) is 11.0. The maximum atomic E-state index is 6.27. The molecular weight excluding hydrogens is 246 g/mol. The Bertz CT molecular complexity index is 546. The number of nitrogens with one attached hydrogen (secondary N) is 1. The van der Waals surface area contributed by atoms with Crippen molar-refractivity contribution in [1.82, 2.24) is 9.55 Å². The summed E-state index contributed by atoms with van der Waals surface area (Å²) >= 11 is 6.27. The molecule has 0 atom stereocenters. The number of imidazole rings is 1. The van der Waals surface area contributed by atoms with Crippen molar-refractivity contribution in [3.8, 4) is 5.69 Å². The van der Waals surface area contributed by atoms with Gasteiger partial charge in [-0.15, -0.1) is 0 Å². The lowest BCUT2D eigenvalue weighted by Crippen LogP contribution is -2.07. The minimum Gasteiger partial charge on any atom is -0.355 e. The molecule has 1 N–H and O–H groups in total. The molecule has 4 heteroatoms. The molecule has 0 fully saturated rings. The zero-order chi connectivity index (χ0) is 13.1. The Labute approximate surface area is 113 Å². The molecule has 0 saturated carbocycles. The Morgan fingerprint density at radius 3 is 2.83 bits per heavy atom. The summed E-state index contributed by atoms with van der Waals surface area (Å²) in [7, 11) is 0. The van der Waals surface area contributed by atoms with Crippen molar-refractivity contribution in [1.29, 1.82) is 0 Å². The van der Waals surface area contributed by atoms with E-state index in [4.69, 9.17) is 11.6 Å². The van der Waals surface area contributed by atoms with E-state index in [1.165, 1.54) is 5.56 Å². The lowest BCUT2D eigenvalue weighted by atomic mass is 10.2. The van der Waals surface area contributed by atoms with Crippen molar-refractivity contribution in [3.05, 3.63) is 40.7 Å². The van der Waals surface area contributed by atoms with Gasteiger partial charge in [-0.3, -0.25) is 4.57 Å². The van der Waals surface area contributed by atoms with E-state index in [1.807, 2.05) is 29.8 Å². The first-order chi connectivity index (χ1) is 8.61. The van der Waals surface area contributed by atoms with Crippen LogP contribution in [-0.4, -0.2) is 16.1 Å². The predicted molar refractivity (Wildman–Crippen MR) is 76.8 cm³/mol. The molecule has 1 heterocycles. The van der Waals surface area contributed by atoms with Crippen LogP contribution in [0.5, 0.6) is 0 Å². The van der Waals surface area contributed by atoms with Crippen LogP contribution in [0.3, 0.4) is 0 Å². The van der Waals surface area contributed by atoms with Crippen LogP contribution in [0.4, 0.5) is 5.95 Å². The van der Waals surface area contributed by atoms with Gasteiger partial charge in [0.1, 0.15) is 0 Å². The molecule has 2 rings (SSSR count). The lowest BCUT2D eigenvalue weighted by molar-refractivity contribution is 0.936. The van der Waals surface area contributed by atoms with Gasteiger partial charge in [0.05, 0.1) is 16.4 Å². The number of hydrogen-bond acceptors (Lipinski definition) is 2. The number of halogens is 1. The third-order valence-electron chi connectivity index (χ3n) is 2.72. The van der Waals surface area contributed by atoms with Crippen LogP contribution >= 0.6 is 11.6 Å². The van der Waals surface area contributed by atoms with Crippen molar-refractivity contribution in [2.75, 3.05) is 11.9 Å². The number of anilines is 1. The number of benzene rings is 1. The maximum absolute atomic E-state index is 6.27. The highest BCUT2D eigenvalue weighted by Gasteiger charge is 2.10. The average Bonchev–Trinajstić information content (AvgIpc) is 2.71. The molecule has 0 unspecified atom stereocenters. The van der Waals surface area contributed by atoms with Gasteiger partial charge < -0.3 is 5.32 Å². The van der Waals surface area contributed by atoms with E-state index in [1.54, 1.807) is 0 Å². The fraction of sp³-hybridized carbons (Fsp3) is 0.357. The Morgan fingerprint density at radius 1 is 1.33 bits per heavy atom. The van der Waals surface area contributed by atoms with Crippen LogP contribution in [0, 0.1) is 13.8 Å². The fourth-order valence-corrected chi connectivity index (χ4v) is 2.06. The summed E-state index contributed by atoms with van der Waals surface area (Å²) < 4.78 is 2.01. The van der Waals surface area contributed by atoms with Crippen molar-refractivity contribution in [3.63, 3.8) is 0 Å². The highest BCUT2D eigenvalue weighted by molar-refractivity contribution is 6.32. The number of nitrogens with zero attached hydrogens (tertiary/aromatic N) is 2. The predicted octanol–water partition coefficient (Wildman–Crippen LogP) is 3.96. The summed E-state index contributed by atoms with van der Waals surface area (Å²) in [6.45, 7) is 7.08. The second-order valence-corrected chi connectivity index (χ2v) is 4.86. The second kappa shape index (κ2) is 5.44. The number of aromatic nitrogens is 2. The van der Waals surface area contributed by atoms with Gasteiger partial charge >= 0.3 is 0 Å². The van der Waals surface area contributed by atoms with Crippen LogP contribution in [0.2, 0.25) is 5.02 Å². The summed E-state index contributed by atoms with van der Waals surface area (Å²) in [6, 6.07) is 6.00. The first-order valence-electron chi connectivity index (χ1n) is 6.18. The van der Waals surface area contributed by atoms with E-state index < -0.39 is 0 Å². The van der Waals surface area contributed by atoms with Gasteiger partial charge in [-0.05, 0) is 38.0 Å². The average molecular weight is 264 g/mol. The molecule has 2 aromatic rings. The molecule has 18 heavy (non-hydrogen) atoms. The smallest absolute Gasteiger partial charge is 0.207 e. The molecular formula is C14H18ClN3. The van der Waals surface area contributed by atoms with Crippen LogP contribution < -0.4 is 5.32 Å². The first kappa shape index (κ1) is 13.0. The molecule has 0 amide bonds. The number of aryl methyl sites for hydroxylation is 2. The van der Waals surface area contributed by atoms with Gasteiger partial charge in [0.15, 0.2) is 0 Å². The molecule has 0 bridgehead atoms. The van der Waals surface area contributed by atoms with Crippen molar-refractivity contribution >= 4 is 17.5 Å². The quantitative estimate of drug-likeness (QED) is 0.905. The Hall–Kier alpha value is -1.48. The van der Waals surface area contributed by atoms with E-state index in [-0.39, 0.29) is 0 Å². The van der Waals surface area contributed by atoms with E-state index in [0.29, 0.717) is 0 Å². The summed E-state index contributed by atoms with van der Waals surface area (Å²) in [5.74, 6) is 0.849. The number of rotatable bonds is 4. The van der Waals surface area contributed by atoms with Gasteiger partial charge in [-0.1, -0.05) is 24.6 Å². The third-order valence-corrected chi connectivity index (χ3v) is 3.04. The highest BCUT2D eigenvalue weighted by atomic mass is 35.5. The normalized spacial score (nSPS) is 10.7. The largest absolute Gasteiger partial charge is 0.355 e. The van der Waals surface area contributed by atoms with Crippen molar-refractivity contribution < 1.29 is 0 Å². The first-order valence-corrected chi connectivity index (χ1v) is 6.56.